The summed E-state index contributed by atoms with van der Waals surface area (Å²) in [5.74, 6) is -3.08. The summed E-state index contributed by atoms with van der Waals surface area (Å²) in [6.45, 7) is 1.42. The maximum atomic E-state index is 13.6. The van der Waals surface area contributed by atoms with E-state index in [1.807, 2.05) is 0 Å². The Labute approximate surface area is 184 Å². The lowest BCUT2D eigenvalue weighted by Gasteiger charge is -2.19. The molecular formula is C21H17Cl2F6NO. The van der Waals surface area contributed by atoms with Gasteiger partial charge in [-0.05, 0) is 35.2 Å². The fraction of sp³-hybridized carbons (Fsp3) is 0.286. The molecule has 0 heterocycles. The van der Waals surface area contributed by atoms with Crippen molar-refractivity contribution in [1.82, 2.24) is 5.32 Å². The summed E-state index contributed by atoms with van der Waals surface area (Å²) in [6.07, 6.45) is -8.48. The van der Waals surface area contributed by atoms with E-state index in [-0.39, 0.29) is 22.2 Å². The minimum Gasteiger partial charge on any atom is -0.352 e. The van der Waals surface area contributed by atoms with Crippen molar-refractivity contribution in [2.75, 3.05) is 0 Å². The van der Waals surface area contributed by atoms with Gasteiger partial charge in [-0.1, -0.05) is 65.7 Å². The zero-order chi connectivity index (χ0) is 23.4. The molecule has 2 rings (SSSR count). The molecule has 0 radical (unpaired) electrons. The summed E-state index contributed by atoms with van der Waals surface area (Å²) in [5.41, 5.74) is 1.31. The van der Waals surface area contributed by atoms with Crippen molar-refractivity contribution in [3.05, 3.63) is 74.8 Å². The van der Waals surface area contributed by atoms with Crippen molar-refractivity contribution in [3.8, 4) is 0 Å². The Hall–Kier alpha value is -2.19. The first-order valence-corrected chi connectivity index (χ1v) is 9.64. The maximum Gasteiger partial charge on any atom is 0.399 e. The smallest absolute Gasteiger partial charge is 0.352 e. The van der Waals surface area contributed by atoms with Gasteiger partial charge in [-0.3, -0.25) is 4.79 Å². The molecule has 0 spiro atoms. The van der Waals surface area contributed by atoms with E-state index < -0.39 is 30.6 Å². The van der Waals surface area contributed by atoms with Crippen LogP contribution < -0.4 is 5.32 Å². The number of carbonyl (C=O) groups excluding carboxylic acids is 1. The predicted molar refractivity (Wildman–Crippen MR) is 108 cm³/mol. The molecule has 0 aliphatic heterocycles. The van der Waals surface area contributed by atoms with Crippen LogP contribution in [0.5, 0.6) is 0 Å². The van der Waals surface area contributed by atoms with Gasteiger partial charge in [0, 0.05) is 6.54 Å². The Bertz CT molecular complexity index is 929. The van der Waals surface area contributed by atoms with Gasteiger partial charge in [0.2, 0.25) is 5.91 Å². The van der Waals surface area contributed by atoms with Gasteiger partial charge in [-0.15, -0.1) is 0 Å². The molecule has 168 valence electrons. The molecule has 0 aliphatic carbocycles. The lowest BCUT2D eigenvalue weighted by atomic mass is 9.95. The average Bonchev–Trinajstić information content (AvgIpc) is 2.63. The highest BCUT2D eigenvalue weighted by Gasteiger charge is 2.39. The van der Waals surface area contributed by atoms with Crippen molar-refractivity contribution in [1.29, 1.82) is 0 Å². The van der Waals surface area contributed by atoms with Crippen LogP contribution in [0.1, 0.15) is 34.6 Å². The second kappa shape index (κ2) is 9.96. The number of amides is 1. The number of rotatable bonds is 6. The molecule has 2 aromatic rings. The summed E-state index contributed by atoms with van der Waals surface area (Å²) < 4.78 is 77.2. The third kappa shape index (κ3) is 7.78. The number of hydrogen-bond acceptors (Lipinski definition) is 1. The molecule has 10 heteroatoms. The predicted octanol–water partition coefficient (Wildman–Crippen LogP) is 7.23. The normalized spacial score (nSPS) is 13.5. The Balaban J connectivity index is 2.12. The number of carbonyl (C=O) groups is 1. The summed E-state index contributed by atoms with van der Waals surface area (Å²) >= 11 is 11.8. The van der Waals surface area contributed by atoms with Crippen molar-refractivity contribution in [3.63, 3.8) is 0 Å². The Kier molecular flexibility index (Phi) is 8.05. The molecule has 0 aromatic heterocycles. The fourth-order valence-corrected chi connectivity index (χ4v) is 3.13. The first-order valence-electron chi connectivity index (χ1n) is 8.89. The number of halogens is 8. The van der Waals surface area contributed by atoms with Crippen molar-refractivity contribution in [2.24, 2.45) is 0 Å². The lowest BCUT2D eigenvalue weighted by Crippen LogP contribution is -2.28. The van der Waals surface area contributed by atoms with E-state index in [0.29, 0.717) is 16.7 Å². The lowest BCUT2D eigenvalue weighted by molar-refractivity contribution is -0.153. The standard InChI is InChI=1S/C21H17Cl2F6NO/c1-12-8-15(9-17(22)19(12)23)16(21(27,28)29)7-6-13-2-4-14(5-3-13)11-30-18(31)10-20(24,25)26/h2-9,16H,10-11H2,1H3,(H,30,31)/b7-6-. The van der Waals surface area contributed by atoms with Crippen molar-refractivity contribution < 1.29 is 31.1 Å². The van der Waals surface area contributed by atoms with Gasteiger partial charge in [0.15, 0.2) is 0 Å². The van der Waals surface area contributed by atoms with Crippen LogP contribution in [-0.2, 0) is 11.3 Å². The zero-order valence-corrected chi connectivity index (χ0v) is 17.6. The summed E-state index contributed by atoms with van der Waals surface area (Å²) in [5, 5.41) is 2.35. The molecule has 0 aliphatic rings. The van der Waals surface area contributed by atoms with E-state index in [4.69, 9.17) is 23.2 Å². The van der Waals surface area contributed by atoms with Gasteiger partial charge < -0.3 is 5.32 Å². The molecule has 1 N–H and O–H groups in total. The van der Waals surface area contributed by atoms with E-state index in [2.05, 4.69) is 5.32 Å². The Morgan fingerprint density at radius 1 is 1.06 bits per heavy atom. The quantitative estimate of drug-likeness (QED) is 0.431. The maximum absolute atomic E-state index is 13.6. The number of hydrogen-bond donors (Lipinski definition) is 1. The molecule has 1 amide bonds. The minimum atomic E-state index is -4.60. The summed E-state index contributed by atoms with van der Waals surface area (Å²) in [4.78, 5) is 11.2. The van der Waals surface area contributed by atoms with E-state index in [0.717, 1.165) is 6.08 Å². The second-order valence-corrected chi connectivity index (χ2v) is 7.61. The zero-order valence-electron chi connectivity index (χ0n) is 16.0. The molecule has 0 saturated carbocycles. The summed E-state index contributed by atoms with van der Waals surface area (Å²) in [6, 6.07) is 8.49. The average molecular weight is 484 g/mol. The second-order valence-electron chi connectivity index (χ2n) is 6.82. The molecule has 2 nitrogen and oxygen atoms in total. The Morgan fingerprint density at radius 2 is 1.68 bits per heavy atom. The molecule has 0 fully saturated rings. The Morgan fingerprint density at radius 3 is 2.19 bits per heavy atom. The third-order valence-corrected chi connectivity index (χ3v) is 5.15. The molecule has 0 saturated heterocycles. The van der Waals surface area contributed by atoms with Crippen LogP contribution in [0.3, 0.4) is 0 Å². The van der Waals surface area contributed by atoms with Crippen LogP contribution in [0.4, 0.5) is 26.3 Å². The highest BCUT2D eigenvalue weighted by atomic mass is 35.5. The van der Waals surface area contributed by atoms with Gasteiger partial charge in [-0.2, -0.15) is 26.3 Å². The van der Waals surface area contributed by atoms with Crippen molar-refractivity contribution in [2.45, 2.75) is 38.2 Å². The molecule has 31 heavy (non-hydrogen) atoms. The van der Waals surface area contributed by atoms with Gasteiger partial charge >= 0.3 is 12.4 Å². The van der Waals surface area contributed by atoms with E-state index in [1.165, 1.54) is 42.5 Å². The summed E-state index contributed by atoms with van der Waals surface area (Å²) in [7, 11) is 0. The van der Waals surface area contributed by atoms with Crippen LogP contribution in [0, 0.1) is 6.92 Å². The van der Waals surface area contributed by atoms with E-state index in [1.54, 1.807) is 6.92 Å². The SMILES string of the molecule is Cc1cc(C(/C=C\c2ccc(CNC(=O)CC(F)(F)F)cc2)C(F)(F)F)cc(Cl)c1Cl. The number of alkyl halides is 6. The van der Waals surface area contributed by atoms with Gasteiger partial charge in [0.25, 0.3) is 0 Å². The van der Waals surface area contributed by atoms with Crippen LogP contribution in [0.15, 0.2) is 42.5 Å². The van der Waals surface area contributed by atoms with E-state index in [9.17, 15) is 31.1 Å². The largest absolute Gasteiger partial charge is 0.399 e. The monoisotopic (exact) mass is 483 g/mol. The van der Waals surface area contributed by atoms with Gasteiger partial charge in [-0.25, -0.2) is 0 Å². The molecule has 1 unspecified atom stereocenters. The van der Waals surface area contributed by atoms with Gasteiger partial charge in [0.1, 0.15) is 6.42 Å². The topological polar surface area (TPSA) is 29.1 Å². The first kappa shape index (κ1) is 25.1. The van der Waals surface area contributed by atoms with Crippen LogP contribution >= 0.6 is 23.2 Å². The fourth-order valence-electron chi connectivity index (χ4n) is 2.74. The highest BCUT2D eigenvalue weighted by Crippen LogP contribution is 2.39. The minimum absolute atomic E-state index is 0.0243. The number of aryl methyl sites for hydroxylation is 1. The molecule has 2 aromatic carbocycles. The third-order valence-electron chi connectivity index (χ3n) is 4.26. The van der Waals surface area contributed by atoms with Crippen LogP contribution in [0.2, 0.25) is 10.0 Å². The van der Waals surface area contributed by atoms with Crippen molar-refractivity contribution >= 4 is 35.2 Å². The van der Waals surface area contributed by atoms with Crippen LogP contribution in [0.25, 0.3) is 6.08 Å². The van der Waals surface area contributed by atoms with Gasteiger partial charge in [0.05, 0.1) is 16.0 Å². The molecular weight excluding hydrogens is 467 g/mol. The van der Waals surface area contributed by atoms with Crippen LogP contribution in [-0.4, -0.2) is 18.3 Å². The highest BCUT2D eigenvalue weighted by molar-refractivity contribution is 6.42. The number of nitrogens with one attached hydrogen (secondary N) is 1. The molecule has 1 atom stereocenters. The number of benzene rings is 2. The first-order chi connectivity index (χ1) is 14.3. The van der Waals surface area contributed by atoms with E-state index >= 15 is 0 Å². The molecule has 0 bridgehead atoms. The number of allylic oxidation sites excluding steroid dienone is 1.